The van der Waals surface area contributed by atoms with Gasteiger partial charge < -0.3 is 9.47 Å². The number of benzene rings is 2. The van der Waals surface area contributed by atoms with Crippen molar-refractivity contribution in [3.05, 3.63) is 71.8 Å². The molecule has 0 N–H and O–H groups in total. The van der Waals surface area contributed by atoms with Gasteiger partial charge in [0.1, 0.15) is 11.9 Å². The van der Waals surface area contributed by atoms with Gasteiger partial charge in [-0.1, -0.05) is 42.5 Å². The second-order valence-electron chi connectivity index (χ2n) is 4.83. The maximum atomic E-state index is 11.3. The summed E-state index contributed by atoms with van der Waals surface area (Å²) in [4.78, 5) is 11.3. The van der Waals surface area contributed by atoms with Crippen LogP contribution in [0.25, 0.3) is 6.08 Å². The molecule has 0 bridgehead atoms. The van der Waals surface area contributed by atoms with Crippen LogP contribution in [0.4, 0.5) is 0 Å². The summed E-state index contributed by atoms with van der Waals surface area (Å²) in [7, 11) is 0. The van der Waals surface area contributed by atoms with E-state index in [1.165, 1.54) is 6.08 Å². The molecule has 0 heterocycles. The molecule has 1 atom stereocenters. The molecule has 3 heteroatoms. The Kier molecular flexibility index (Phi) is 5.78. The van der Waals surface area contributed by atoms with E-state index in [1.54, 1.807) is 13.0 Å². The first-order valence-electron chi connectivity index (χ1n) is 7.35. The van der Waals surface area contributed by atoms with E-state index in [2.05, 4.69) is 0 Å². The fourth-order valence-corrected chi connectivity index (χ4v) is 2.01. The highest BCUT2D eigenvalue weighted by molar-refractivity contribution is 5.87. The smallest absolute Gasteiger partial charge is 0.330 e. The van der Waals surface area contributed by atoms with Crippen molar-refractivity contribution in [1.29, 1.82) is 0 Å². The van der Waals surface area contributed by atoms with Crippen LogP contribution in [0.5, 0.6) is 5.75 Å². The van der Waals surface area contributed by atoms with Crippen LogP contribution in [-0.4, -0.2) is 12.6 Å². The monoisotopic (exact) mass is 296 g/mol. The standard InChI is InChI=1S/C19H20O3/c1-3-21-19(20)14-11-16-9-12-18(13-10-16)22-15(2)17-7-5-4-6-8-17/h4-15H,3H2,1-2H3/b14-11+. The van der Waals surface area contributed by atoms with Gasteiger partial charge in [-0.25, -0.2) is 4.79 Å². The number of ether oxygens (including phenoxy) is 2. The molecule has 2 rings (SSSR count). The summed E-state index contributed by atoms with van der Waals surface area (Å²) in [6.07, 6.45) is 3.14. The minimum atomic E-state index is -0.333. The van der Waals surface area contributed by atoms with E-state index in [1.807, 2.05) is 61.5 Å². The van der Waals surface area contributed by atoms with Gasteiger partial charge in [0.25, 0.3) is 0 Å². The fraction of sp³-hybridized carbons (Fsp3) is 0.211. The Balaban J connectivity index is 1.96. The number of hydrogen-bond acceptors (Lipinski definition) is 3. The minimum Gasteiger partial charge on any atom is -0.486 e. The number of carbonyl (C=O) groups excluding carboxylic acids is 1. The van der Waals surface area contributed by atoms with Gasteiger partial charge in [-0.05, 0) is 43.2 Å². The van der Waals surface area contributed by atoms with Gasteiger partial charge in [0, 0.05) is 6.08 Å². The average molecular weight is 296 g/mol. The topological polar surface area (TPSA) is 35.5 Å². The first-order chi connectivity index (χ1) is 10.7. The van der Waals surface area contributed by atoms with Gasteiger partial charge >= 0.3 is 5.97 Å². The Morgan fingerprint density at radius 3 is 2.41 bits per heavy atom. The molecule has 0 amide bonds. The first kappa shape index (κ1) is 15.8. The molecule has 1 unspecified atom stereocenters. The van der Waals surface area contributed by atoms with Crippen LogP contribution >= 0.6 is 0 Å². The molecule has 0 aliphatic carbocycles. The molecule has 22 heavy (non-hydrogen) atoms. The molecular formula is C19H20O3. The molecule has 0 spiro atoms. The highest BCUT2D eigenvalue weighted by atomic mass is 16.5. The summed E-state index contributed by atoms with van der Waals surface area (Å²) >= 11 is 0. The van der Waals surface area contributed by atoms with Crippen molar-refractivity contribution in [3.8, 4) is 5.75 Å². The van der Waals surface area contributed by atoms with Crippen LogP contribution in [-0.2, 0) is 9.53 Å². The van der Waals surface area contributed by atoms with Gasteiger partial charge in [0.15, 0.2) is 0 Å². The van der Waals surface area contributed by atoms with Crippen molar-refractivity contribution in [2.75, 3.05) is 6.61 Å². The molecule has 0 radical (unpaired) electrons. The third-order valence-corrected chi connectivity index (χ3v) is 3.16. The van der Waals surface area contributed by atoms with Crippen molar-refractivity contribution in [1.82, 2.24) is 0 Å². The van der Waals surface area contributed by atoms with E-state index in [0.29, 0.717) is 6.61 Å². The van der Waals surface area contributed by atoms with E-state index in [0.717, 1.165) is 16.9 Å². The van der Waals surface area contributed by atoms with Gasteiger partial charge in [0.05, 0.1) is 6.61 Å². The number of carbonyl (C=O) groups is 1. The Morgan fingerprint density at radius 2 is 1.77 bits per heavy atom. The fourth-order valence-electron chi connectivity index (χ4n) is 2.01. The molecule has 0 aromatic heterocycles. The lowest BCUT2D eigenvalue weighted by Gasteiger charge is -2.15. The molecule has 114 valence electrons. The first-order valence-corrected chi connectivity index (χ1v) is 7.35. The van der Waals surface area contributed by atoms with Gasteiger partial charge in [-0.2, -0.15) is 0 Å². The lowest BCUT2D eigenvalue weighted by molar-refractivity contribution is -0.137. The molecule has 3 nitrogen and oxygen atoms in total. The second-order valence-corrected chi connectivity index (χ2v) is 4.83. The van der Waals surface area contributed by atoms with Crippen LogP contribution in [0.3, 0.4) is 0 Å². The van der Waals surface area contributed by atoms with Crippen molar-refractivity contribution in [2.45, 2.75) is 20.0 Å². The van der Waals surface area contributed by atoms with E-state index in [9.17, 15) is 4.79 Å². The van der Waals surface area contributed by atoms with Crippen LogP contribution in [0.15, 0.2) is 60.7 Å². The molecule has 2 aromatic carbocycles. The lowest BCUT2D eigenvalue weighted by Crippen LogP contribution is -2.02. The van der Waals surface area contributed by atoms with Crippen LogP contribution in [0.1, 0.15) is 31.1 Å². The summed E-state index contributed by atoms with van der Waals surface area (Å²) in [5, 5.41) is 0. The molecule has 0 fully saturated rings. The summed E-state index contributed by atoms with van der Waals surface area (Å²) in [5.41, 5.74) is 2.06. The van der Waals surface area contributed by atoms with Gasteiger partial charge in [-0.3, -0.25) is 0 Å². The third kappa shape index (κ3) is 4.77. The van der Waals surface area contributed by atoms with E-state index >= 15 is 0 Å². The zero-order valence-electron chi connectivity index (χ0n) is 12.9. The Morgan fingerprint density at radius 1 is 1.09 bits per heavy atom. The highest BCUT2D eigenvalue weighted by Gasteiger charge is 2.06. The molecular weight excluding hydrogens is 276 g/mol. The number of rotatable bonds is 6. The average Bonchev–Trinajstić information content (AvgIpc) is 2.55. The van der Waals surface area contributed by atoms with Crippen molar-refractivity contribution in [3.63, 3.8) is 0 Å². The predicted molar refractivity (Wildman–Crippen MR) is 87.6 cm³/mol. The highest BCUT2D eigenvalue weighted by Crippen LogP contribution is 2.22. The zero-order valence-corrected chi connectivity index (χ0v) is 12.9. The second kappa shape index (κ2) is 8.03. The normalized spacial score (nSPS) is 12.1. The Labute approximate surface area is 131 Å². The van der Waals surface area contributed by atoms with E-state index in [4.69, 9.17) is 9.47 Å². The molecule has 0 saturated heterocycles. The summed E-state index contributed by atoms with van der Waals surface area (Å²) < 4.78 is 10.7. The summed E-state index contributed by atoms with van der Waals surface area (Å²) in [6, 6.07) is 17.7. The quantitative estimate of drug-likeness (QED) is 0.585. The summed E-state index contributed by atoms with van der Waals surface area (Å²) in [5.74, 6) is 0.463. The maximum absolute atomic E-state index is 11.3. The Bertz CT molecular complexity index is 615. The van der Waals surface area contributed by atoms with Gasteiger partial charge in [0.2, 0.25) is 0 Å². The zero-order chi connectivity index (χ0) is 15.8. The molecule has 0 saturated carbocycles. The third-order valence-electron chi connectivity index (χ3n) is 3.16. The Hall–Kier alpha value is -2.55. The number of hydrogen-bond donors (Lipinski definition) is 0. The van der Waals surface area contributed by atoms with Crippen LogP contribution in [0, 0.1) is 0 Å². The lowest BCUT2D eigenvalue weighted by atomic mass is 10.1. The van der Waals surface area contributed by atoms with Gasteiger partial charge in [-0.15, -0.1) is 0 Å². The molecule has 0 aliphatic rings. The predicted octanol–water partition coefficient (Wildman–Crippen LogP) is 4.40. The SMILES string of the molecule is CCOC(=O)/C=C/c1ccc(OC(C)c2ccccc2)cc1. The van der Waals surface area contributed by atoms with Crippen LogP contribution < -0.4 is 4.74 Å². The number of esters is 1. The minimum absolute atomic E-state index is 0.0119. The van der Waals surface area contributed by atoms with Crippen molar-refractivity contribution < 1.29 is 14.3 Å². The van der Waals surface area contributed by atoms with Crippen LogP contribution in [0.2, 0.25) is 0 Å². The van der Waals surface area contributed by atoms with Crippen molar-refractivity contribution in [2.24, 2.45) is 0 Å². The maximum Gasteiger partial charge on any atom is 0.330 e. The molecule has 0 aliphatic heterocycles. The van der Waals surface area contributed by atoms with E-state index < -0.39 is 0 Å². The van der Waals surface area contributed by atoms with E-state index in [-0.39, 0.29) is 12.1 Å². The summed E-state index contributed by atoms with van der Waals surface area (Å²) in [6.45, 7) is 4.18. The largest absolute Gasteiger partial charge is 0.486 e. The van der Waals surface area contributed by atoms with Crippen molar-refractivity contribution >= 4 is 12.0 Å². The molecule has 2 aromatic rings.